The minimum absolute atomic E-state index is 0.0838. The van der Waals surface area contributed by atoms with Crippen LogP contribution in [-0.4, -0.2) is 75.5 Å². The van der Waals surface area contributed by atoms with Crippen LogP contribution in [0.1, 0.15) is 36.1 Å². The molecule has 0 saturated carbocycles. The van der Waals surface area contributed by atoms with E-state index in [0.29, 0.717) is 19.6 Å². The van der Waals surface area contributed by atoms with E-state index in [2.05, 4.69) is 22.3 Å². The Morgan fingerprint density at radius 1 is 0.909 bits per heavy atom. The fourth-order valence-corrected chi connectivity index (χ4v) is 6.01. The van der Waals surface area contributed by atoms with Crippen molar-refractivity contribution in [3.8, 4) is 5.75 Å². The first-order valence-corrected chi connectivity index (χ1v) is 13.4. The van der Waals surface area contributed by atoms with Gasteiger partial charge in [-0.1, -0.05) is 42.5 Å². The molecule has 2 heterocycles. The van der Waals surface area contributed by atoms with Crippen molar-refractivity contribution in [2.45, 2.75) is 24.9 Å². The summed E-state index contributed by atoms with van der Waals surface area (Å²) in [5, 5.41) is 3.20. The molecule has 0 aromatic heterocycles. The Bertz CT molecular complexity index is 1010. The van der Waals surface area contributed by atoms with Crippen LogP contribution in [0.25, 0.3) is 0 Å². The highest BCUT2D eigenvalue weighted by molar-refractivity contribution is 7.91. The molecule has 2 unspecified atom stereocenters. The maximum atomic E-state index is 13.5. The molecule has 4 rings (SSSR count). The molecular weight excluding hydrogens is 438 g/mol. The molecule has 0 spiro atoms. The van der Waals surface area contributed by atoms with Crippen LogP contribution in [0.5, 0.6) is 5.75 Å². The van der Waals surface area contributed by atoms with Gasteiger partial charge in [0.05, 0.1) is 24.7 Å². The number of carbonyl (C=O) groups is 1. The van der Waals surface area contributed by atoms with E-state index in [1.54, 1.807) is 7.11 Å². The molecule has 2 aromatic rings. The van der Waals surface area contributed by atoms with Crippen molar-refractivity contribution in [1.82, 2.24) is 15.1 Å². The number of nitrogens with one attached hydrogen (secondary N) is 1. The average Bonchev–Trinajstić information content (AvgIpc) is 3.36. The van der Waals surface area contributed by atoms with Gasteiger partial charge in [0.25, 0.3) is 0 Å². The average molecular weight is 472 g/mol. The first-order valence-electron chi connectivity index (χ1n) is 11.6. The molecule has 2 aliphatic rings. The Labute approximate surface area is 196 Å². The third kappa shape index (κ3) is 5.93. The summed E-state index contributed by atoms with van der Waals surface area (Å²) < 4.78 is 29.2. The van der Waals surface area contributed by atoms with Gasteiger partial charge in [-0.3, -0.25) is 14.6 Å². The van der Waals surface area contributed by atoms with Gasteiger partial charge >= 0.3 is 0 Å². The number of hydrogen-bond acceptors (Lipinski definition) is 6. The zero-order chi connectivity index (χ0) is 23.3. The van der Waals surface area contributed by atoms with Gasteiger partial charge in [-0.25, -0.2) is 8.42 Å². The smallest absolute Gasteiger partial charge is 0.242 e. The lowest BCUT2D eigenvalue weighted by atomic mass is 10.0. The predicted molar refractivity (Wildman–Crippen MR) is 129 cm³/mol. The van der Waals surface area contributed by atoms with Gasteiger partial charge in [0.15, 0.2) is 9.84 Å². The van der Waals surface area contributed by atoms with Crippen LogP contribution in [0.3, 0.4) is 0 Å². The van der Waals surface area contributed by atoms with Crippen molar-refractivity contribution in [3.63, 3.8) is 0 Å². The molecule has 8 heteroatoms. The molecule has 2 atom stereocenters. The maximum absolute atomic E-state index is 13.5. The molecule has 2 aliphatic heterocycles. The molecule has 2 saturated heterocycles. The van der Waals surface area contributed by atoms with Crippen molar-refractivity contribution in [1.29, 1.82) is 0 Å². The van der Waals surface area contributed by atoms with Crippen LogP contribution in [0, 0.1) is 0 Å². The second-order valence-corrected chi connectivity index (χ2v) is 11.1. The summed E-state index contributed by atoms with van der Waals surface area (Å²) in [6.07, 6.45) is 2.32. The van der Waals surface area contributed by atoms with Crippen LogP contribution in [0.15, 0.2) is 54.6 Å². The third-order valence-electron chi connectivity index (χ3n) is 6.66. The number of methoxy groups -OCH3 is 1. The molecule has 2 fully saturated rings. The minimum atomic E-state index is -3.03. The van der Waals surface area contributed by atoms with Crippen LogP contribution < -0.4 is 10.1 Å². The largest absolute Gasteiger partial charge is 0.497 e. The second kappa shape index (κ2) is 10.7. The highest BCUT2D eigenvalue weighted by Gasteiger charge is 2.33. The van der Waals surface area contributed by atoms with E-state index in [1.807, 2.05) is 47.4 Å². The van der Waals surface area contributed by atoms with Crippen molar-refractivity contribution in [2.24, 2.45) is 0 Å². The van der Waals surface area contributed by atoms with Crippen LogP contribution in [0.2, 0.25) is 0 Å². The molecule has 1 amide bonds. The molecular formula is C25H33N3O4S. The normalized spacial score (nSPS) is 20.8. The summed E-state index contributed by atoms with van der Waals surface area (Å²) in [6.45, 7) is 3.25. The summed E-state index contributed by atoms with van der Waals surface area (Å²) >= 11 is 0. The number of amides is 1. The van der Waals surface area contributed by atoms with E-state index < -0.39 is 15.9 Å². The molecule has 33 heavy (non-hydrogen) atoms. The van der Waals surface area contributed by atoms with Gasteiger partial charge in [-0.05, 0) is 49.2 Å². The van der Waals surface area contributed by atoms with Gasteiger partial charge in [-0.15, -0.1) is 0 Å². The predicted octanol–water partition coefficient (Wildman–Crippen LogP) is 2.42. The fraction of sp³-hybridized carbons (Fsp3) is 0.480. The number of nitrogens with zero attached hydrogens (tertiary/aromatic N) is 2. The van der Waals surface area contributed by atoms with Crippen molar-refractivity contribution in [2.75, 3.05) is 51.3 Å². The van der Waals surface area contributed by atoms with Gasteiger partial charge < -0.3 is 10.1 Å². The first kappa shape index (κ1) is 23.7. The standard InChI is InChI=1S/C25H33N3O4S/c1-32-22-11-9-20(10-12-22)23(27-13-5-6-14-27)19-26-25(29)24(21-7-3-2-4-8-21)28-15-17-33(30,31)18-16-28/h2-4,7-12,23-24H,5-6,13-19H2,1H3,(H,26,29). The van der Waals surface area contributed by atoms with Gasteiger partial charge in [0.1, 0.15) is 11.8 Å². The van der Waals surface area contributed by atoms with Gasteiger partial charge in [0, 0.05) is 19.6 Å². The van der Waals surface area contributed by atoms with E-state index >= 15 is 0 Å². The zero-order valence-electron chi connectivity index (χ0n) is 19.2. The maximum Gasteiger partial charge on any atom is 0.242 e. The quantitative estimate of drug-likeness (QED) is 0.637. The molecule has 0 radical (unpaired) electrons. The minimum Gasteiger partial charge on any atom is -0.497 e. The molecule has 7 nitrogen and oxygen atoms in total. The topological polar surface area (TPSA) is 79.0 Å². The number of sulfone groups is 1. The number of hydrogen-bond donors (Lipinski definition) is 1. The number of rotatable bonds is 8. The number of ether oxygens (including phenoxy) is 1. The Balaban J connectivity index is 1.51. The van der Waals surface area contributed by atoms with E-state index in [0.717, 1.165) is 42.8 Å². The Hall–Kier alpha value is -2.42. The van der Waals surface area contributed by atoms with Crippen LogP contribution in [0.4, 0.5) is 0 Å². The molecule has 0 aliphatic carbocycles. The van der Waals surface area contributed by atoms with E-state index in [4.69, 9.17) is 4.74 Å². The van der Waals surface area contributed by atoms with E-state index in [1.165, 1.54) is 0 Å². The third-order valence-corrected chi connectivity index (χ3v) is 8.27. The summed E-state index contributed by atoms with van der Waals surface area (Å²) in [6, 6.07) is 17.3. The van der Waals surface area contributed by atoms with Crippen molar-refractivity contribution < 1.29 is 17.9 Å². The Morgan fingerprint density at radius 2 is 1.55 bits per heavy atom. The Morgan fingerprint density at radius 3 is 2.15 bits per heavy atom. The lowest BCUT2D eigenvalue weighted by molar-refractivity contribution is -0.127. The fourth-order valence-electron chi connectivity index (χ4n) is 4.78. The molecule has 2 aromatic carbocycles. The summed E-state index contributed by atoms with van der Waals surface area (Å²) in [5.74, 6) is 0.905. The number of likely N-dealkylation sites (tertiary alicyclic amines) is 1. The van der Waals surface area contributed by atoms with E-state index in [-0.39, 0.29) is 23.5 Å². The lowest BCUT2D eigenvalue weighted by Crippen LogP contribution is -2.48. The summed E-state index contributed by atoms with van der Waals surface area (Å²) in [7, 11) is -1.37. The SMILES string of the molecule is COc1ccc(C(CNC(=O)C(c2ccccc2)N2CCS(=O)(=O)CC2)N2CCCC2)cc1. The van der Waals surface area contributed by atoms with Crippen LogP contribution in [-0.2, 0) is 14.6 Å². The summed E-state index contributed by atoms with van der Waals surface area (Å²) in [5.41, 5.74) is 2.04. The number of benzene rings is 2. The van der Waals surface area contributed by atoms with Gasteiger partial charge in [-0.2, -0.15) is 0 Å². The monoisotopic (exact) mass is 471 g/mol. The lowest BCUT2D eigenvalue weighted by Gasteiger charge is -2.35. The summed E-state index contributed by atoms with van der Waals surface area (Å²) in [4.78, 5) is 17.9. The first-order chi connectivity index (χ1) is 16.0. The molecule has 0 bridgehead atoms. The highest BCUT2D eigenvalue weighted by atomic mass is 32.2. The Kier molecular flexibility index (Phi) is 7.67. The number of carbonyl (C=O) groups excluding carboxylic acids is 1. The zero-order valence-corrected chi connectivity index (χ0v) is 20.0. The van der Waals surface area contributed by atoms with Gasteiger partial charge in [0.2, 0.25) is 5.91 Å². The van der Waals surface area contributed by atoms with Crippen molar-refractivity contribution >= 4 is 15.7 Å². The molecule has 1 N–H and O–H groups in total. The van der Waals surface area contributed by atoms with E-state index in [9.17, 15) is 13.2 Å². The van der Waals surface area contributed by atoms with Crippen LogP contribution >= 0.6 is 0 Å². The second-order valence-electron chi connectivity index (χ2n) is 8.78. The molecule has 178 valence electrons. The van der Waals surface area contributed by atoms with Crippen molar-refractivity contribution in [3.05, 3.63) is 65.7 Å². The highest BCUT2D eigenvalue weighted by Crippen LogP contribution is 2.28.